The summed E-state index contributed by atoms with van der Waals surface area (Å²) in [6, 6.07) is 6.06. The first-order valence-electron chi connectivity index (χ1n) is 8.44. The summed E-state index contributed by atoms with van der Waals surface area (Å²) in [5, 5.41) is 11.7. The summed E-state index contributed by atoms with van der Waals surface area (Å²) in [7, 11) is 0. The predicted molar refractivity (Wildman–Crippen MR) is 105 cm³/mol. The van der Waals surface area contributed by atoms with Gasteiger partial charge in [-0.2, -0.15) is 0 Å². The molecule has 0 unspecified atom stereocenters. The second-order valence-corrected chi connectivity index (χ2v) is 7.32. The molecule has 0 saturated carbocycles. The Morgan fingerprint density at radius 2 is 1.76 bits per heavy atom. The van der Waals surface area contributed by atoms with E-state index in [9.17, 15) is 19.2 Å². The number of nitrogens with one attached hydrogen (secondary N) is 3. The number of esters is 1. The van der Waals surface area contributed by atoms with Gasteiger partial charge in [-0.15, -0.1) is 10.2 Å². The van der Waals surface area contributed by atoms with E-state index in [1.165, 1.54) is 35.6 Å². The van der Waals surface area contributed by atoms with E-state index in [0.717, 1.165) is 5.01 Å². The summed E-state index contributed by atoms with van der Waals surface area (Å²) in [5.74, 6) is -2.18. The van der Waals surface area contributed by atoms with Crippen molar-refractivity contribution in [3.05, 3.63) is 39.9 Å². The van der Waals surface area contributed by atoms with E-state index < -0.39 is 24.4 Å². The Kier molecular flexibility index (Phi) is 8.49. The van der Waals surface area contributed by atoms with Crippen LogP contribution in [0.4, 0.5) is 5.13 Å². The highest BCUT2D eigenvalue weighted by molar-refractivity contribution is 7.15. The van der Waals surface area contributed by atoms with Crippen molar-refractivity contribution >= 4 is 51.8 Å². The van der Waals surface area contributed by atoms with Crippen LogP contribution in [0.3, 0.4) is 0 Å². The van der Waals surface area contributed by atoms with Crippen LogP contribution in [0.25, 0.3) is 0 Å². The molecule has 0 fully saturated rings. The van der Waals surface area contributed by atoms with E-state index in [1.54, 1.807) is 6.92 Å². The summed E-state index contributed by atoms with van der Waals surface area (Å²) >= 11 is 6.98. The fraction of sp³-hybridized carbons (Fsp3) is 0.294. The molecular weight excluding hydrogens is 422 g/mol. The number of anilines is 1. The molecule has 0 spiro atoms. The van der Waals surface area contributed by atoms with Crippen LogP contribution in [0.2, 0.25) is 5.02 Å². The van der Waals surface area contributed by atoms with Crippen LogP contribution in [0, 0.1) is 6.92 Å². The number of amides is 3. The van der Waals surface area contributed by atoms with E-state index in [4.69, 9.17) is 16.3 Å². The standard InChI is InChI=1S/C17H18ClN5O5S/c1-10-20-23-17(29-10)19-13(24)3-2-4-15(26)28-9-14(25)21-22-16(27)11-5-7-12(18)8-6-11/h5-8H,2-4,9H2,1H3,(H,21,25)(H,22,27)(H,19,23,24). The second-order valence-electron chi connectivity index (χ2n) is 5.70. The average molecular weight is 440 g/mol. The quantitative estimate of drug-likeness (QED) is 0.419. The Labute approximate surface area is 175 Å². The SMILES string of the molecule is Cc1nnc(NC(=O)CCCC(=O)OCC(=O)NNC(=O)c2ccc(Cl)cc2)s1. The van der Waals surface area contributed by atoms with Gasteiger partial charge in [-0.05, 0) is 37.6 Å². The van der Waals surface area contributed by atoms with Crippen LogP contribution in [0.5, 0.6) is 0 Å². The molecule has 0 aliphatic carbocycles. The van der Waals surface area contributed by atoms with E-state index >= 15 is 0 Å². The minimum Gasteiger partial charge on any atom is -0.455 e. The molecule has 1 heterocycles. The molecule has 0 radical (unpaired) electrons. The molecular formula is C17H18ClN5O5S. The third kappa shape index (κ3) is 8.23. The Morgan fingerprint density at radius 3 is 2.41 bits per heavy atom. The Balaban J connectivity index is 1.58. The van der Waals surface area contributed by atoms with Crippen molar-refractivity contribution in [3.8, 4) is 0 Å². The first-order valence-corrected chi connectivity index (χ1v) is 9.63. The van der Waals surface area contributed by atoms with Crippen LogP contribution in [-0.4, -0.2) is 40.5 Å². The monoisotopic (exact) mass is 439 g/mol. The van der Waals surface area contributed by atoms with E-state index in [2.05, 4.69) is 26.4 Å². The van der Waals surface area contributed by atoms with Crippen molar-refractivity contribution in [1.29, 1.82) is 0 Å². The molecule has 3 N–H and O–H groups in total. The number of halogens is 1. The molecule has 0 saturated heterocycles. The van der Waals surface area contributed by atoms with Gasteiger partial charge in [0.25, 0.3) is 11.8 Å². The van der Waals surface area contributed by atoms with Gasteiger partial charge in [0.05, 0.1) is 0 Å². The molecule has 10 nitrogen and oxygen atoms in total. The normalized spacial score (nSPS) is 10.1. The van der Waals surface area contributed by atoms with Crippen molar-refractivity contribution in [1.82, 2.24) is 21.0 Å². The van der Waals surface area contributed by atoms with Crippen LogP contribution >= 0.6 is 22.9 Å². The molecule has 29 heavy (non-hydrogen) atoms. The molecule has 12 heteroatoms. The van der Waals surface area contributed by atoms with Crippen LogP contribution < -0.4 is 16.2 Å². The smallest absolute Gasteiger partial charge is 0.306 e. The van der Waals surface area contributed by atoms with Crippen LogP contribution in [-0.2, 0) is 19.1 Å². The van der Waals surface area contributed by atoms with Gasteiger partial charge in [0, 0.05) is 23.4 Å². The van der Waals surface area contributed by atoms with E-state index in [-0.39, 0.29) is 25.2 Å². The number of carbonyl (C=O) groups excluding carboxylic acids is 4. The minimum absolute atomic E-state index is 0.0347. The Hall–Kier alpha value is -3.05. The topological polar surface area (TPSA) is 139 Å². The number of ether oxygens (including phenoxy) is 1. The lowest BCUT2D eigenvalue weighted by molar-refractivity contribution is -0.148. The van der Waals surface area contributed by atoms with E-state index in [0.29, 0.717) is 15.7 Å². The summed E-state index contributed by atoms with van der Waals surface area (Å²) < 4.78 is 4.79. The second kappa shape index (κ2) is 11.1. The maximum atomic E-state index is 11.8. The largest absolute Gasteiger partial charge is 0.455 e. The zero-order chi connectivity index (χ0) is 21.2. The number of aromatic nitrogens is 2. The molecule has 1 aromatic heterocycles. The number of hydrogen-bond donors (Lipinski definition) is 3. The third-order valence-electron chi connectivity index (χ3n) is 3.34. The number of nitrogens with zero attached hydrogens (tertiary/aromatic N) is 2. The van der Waals surface area contributed by atoms with Gasteiger partial charge in [0.2, 0.25) is 11.0 Å². The van der Waals surface area contributed by atoms with Crippen molar-refractivity contribution in [2.45, 2.75) is 26.2 Å². The molecule has 0 aliphatic rings. The van der Waals surface area contributed by atoms with Crippen LogP contribution in [0.15, 0.2) is 24.3 Å². The molecule has 2 rings (SSSR count). The maximum Gasteiger partial charge on any atom is 0.306 e. The number of benzene rings is 1. The lowest BCUT2D eigenvalue weighted by Crippen LogP contribution is -2.43. The first-order chi connectivity index (χ1) is 13.8. The summed E-state index contributed by atoms with van der Waals surface area (Å²) in [6.07, 6.45) is 0.307. The fourth-order valence-corrected chi connectivity index (χ4v) is 2.71. The van der Waals surface area contributed by atoms with Crippen molar-refractivity contribution < 1.29 is 23.9 Å². The number of hydrogen-bond acceptors (Lipinski definition) is 8. The number of carbonyl (C=O) groups is 4. The van der Waals surface area contributed by atoms with Gasteiger partial charge >= 0.3 is 5.97 Å². The van der Waals surface area contributed by atoms with E-state index in [1.807, 2.05) is 0 Å². The Morgan fingerprint density at radius 1 is 1.03 bits per heavy atom. The highest BCUT2D eigenvalue weighted by Gasteiger charge is 2.12. The fourth-order valence-electron chi connectivity index (χ4n) is 1.98. The molecule has 154 valence electrons. The van der Waals surface area contributed by atoms with Gasteiger partial charge in [-0.25, -0.2) is 0 Å². The minimum atomic E-state index is -0.704. The third-order valence-corrected chi connectivity index (χ3v) is 4.35. The first kappa shape index (κ1) is 22.2. The zero-order valence-corrected chi connectivity index (χ0v) is 16.9. The number of aryl methyl sites for hydroxylation is 1. The number of rotatable bonds is 8. The molecule has 2 aromatic rings. The summed E-state index contributed by atoms with van der Waals surface area (Å²) in [4.78, 5) is 46.8. The van der Waals surface area contributed by atoms with Crippen LogP contribution in [0.1, 0.15) is 34.6 Å². The average Bonchev–Trinajstić information content (AvgIpc) is 3.09. The molecule has 3 amide bonds. The van der Waals surface area contributed by atoms with Gasteiger partial charge in [-0.3, -0.25) is 30.0 Å². The highest BCUT2D eigenvalue weighted by Crippen LogP contribution is 2.14. The van der Waals surface area contributed by atoms with Crippen molar-refractivity contribution in [2.75, 3.05) is 11.9 Å². The van der Waals surface area contributed by atoms with Gasteiger partial charge in [0.1, 0.15) is 5.01 Å². The maximum absolute atomic E-state index is 11.8. The molecule has 0 atom stereocenters. The molecule has 1 aromatic carbocycles. The van der Waals surface area contributed by atoms with Gasteiger partial charge in [-0.1, -0.05) is 22.9 Å². The lowest BCUT2D eigenvalue weighted by atomic mass is 10.2. The molecule has 0 aliphatic heterocycles. The van der Waals surface area contributed by atoms with Gasteiger partial charge in [0.15, 0.2) is 6.61 Å². The zero-order valence-electron chi connectivity index (χ0n) is 15.4. The van der Waals surface area contributed by atoms with Gasteiger partial charge < -0.3 is 10.1 Å². The number of hydrazine groups is 1. The molecule has 0 bridgehead atoms. The lowest BCUT2D eigenvalue weighted by Gasteiger charge is -2.08. The predicted octanol–water partition coefficient (Wildman–Crippen LogP) is 1.61. The van der Waals surface area contributed by atoms with Crippen molar-refractivity contribution in [2.24, 2.45) is 0 Å². The summed E-state index contributed by atoms with van der Waals surface area (Å²) in [5.41, 5.74) is 4.62. The summed E-state index contributed by atoms with van der Waals surface area (Å²) in [6.45, 7) is 1.21. The highest BCUT2D eigenvalue weighted by atomic mass is 35.5. The van der Waals surface area contributed by atoms with Crippen molar-refractivity contribution in [3.63, 3.8) is 0 Å². The Bertz CT molecular complexity index is 887.